The van der Waals surface area contributed by atoms with Gasteiger partial charge in [-0.2, -0.15) is 0 Å². The Morgan fingerprint density at radius 3 is 2.67 bits per heavy atom. The van der Waals surface area contributed by atoms with Crippen LogP contribution in [0.4, 0.5) is 0 Å². The van der Waals surface area contributed by atoms with Crippen molar-refractivity contribution in [1.82, 2.24) is 4.90 Å². The maximum Gasteiger partial charge on any atom is 0.253 e. The summed E-state index contributed by atoms with van der Waals surface area (Å²) in [5.74, 6) is 1.46. The van der Waals surface area contributed by atoms with Crippen molar-refractivity contribution in [3.8, 4) is 11.5 Å². The molecule has 0 radical (unpaired) electrons. The van der Waals surface area contributed by atoms with Gasteiger partial charge in [0.25, 0.3) is 5.91 Å². The minimum atomic E-state index is -0.0505. The van der Waals surface area contributed by atoms with E-state index < -0.39 is 0 Å². The van der Waals surface area contributed by atoms with E-state index in [2.05, 4.69) is 0 Å². The van der Waals surface area contributed by atoms with Crippen LogP contribution >= 0.6 is 0 Å². The number of rotatable bonds is 8. The second kappa shape index (κ2) is 9.42. The summed E-state index contributed by atoms with van der Waals surface area (Å²) in [5.41, 5.74) is 1.76. The van der Waals surface area contributed by atoms with E-state index >= 15 is 0 Å². The van der Waals surface area contributed by atoms with Crippen molar-refractivity contribution in [2.45, 2.75) is 25.9 Å². The van der Waals surface area contributed by atoms with Crippen molar-refractivity contribution < 1.29 is 19.0 Å². The van der Waals surface area contributed by atoms with E-state index in [1.165, 1.54) is 0 Å². The zero-order valence-electron chi connectivity index (χ0n) is 16.0. The Labute approximate surface area is 160 Å². The predicted octanol–water partition coefficient (Wildman–Crippen LogP) is 3.70. The van der Waals surface area contributed by atoms with Gasteiger partial charge in [0.2, 0.25) is 0 Å². The van der Waals surface area contributed by atoms with Crippen LogP contribution in [-0.4, -0.2) is 50.3 Å². The molecule has 1 heterocycles. The highest BCUT2D eigenvalue weighted by molar-refractivity contribution is 5.94. The van der Waals surface area contributed by atoms with Crippen LogP contribution in [-0.2, 0) is 4.74 Å². The summed E-state index contributed by atoms with van der Waals surface area (Å²) < 4.78 is 17.1. The first-order chi connectivity index (χ1) is 13.1. The highest BCUT2D eigenvalue weighted by Gasteiger charge is 2.17. The van der Waals surface area contributed by atoms with Crippen LogP contribution in [0.2, 0.25) is 0 Å². The summed E-state index contributed by atoms with van der Waals surface area (Å²) in [6, 6.07) is 15.2. The third-order valence-electron chi connectivity index (χ3n) is 4.57. The topological polar surface area (TPSA) is 48.0 Å². The largest absolute Gasteiger partial charge is 0.492 e. The molecule has 1 saturated heterocycles. The van der Waals surface area contributed by atoms with Crippen LogP contribution in [0.15, 0.2) is 48.5 Å². The molecule has 0 aromatic heterocycles. The maximum atomic E-state index is 12.6. The lowest BCUT2D eigenvalue weighted by molar-refractivity contribution is 0.0678. The number of amides is 1. The average molecular weight is 369 g/mol. The van der Waals surface area contributed by atoms with Crippen molar-refractivity contribution in [2.75, 3.05) is 33.4 Å². The van der Waals surface area contributed by atoms with Gasteiger partial charge in [-0.25, -0.2) is 0 Å². The predicted molar refractivity (Wildman–Crippen MR) is 105 cm³/mol. The van der Waals surface area contributed by atoms with Gasteiger partial charge >= 0.3 is 0 Å². The SMILES string of the molecule is Cc1cccc(OCCN(C)C(=O)c2cccc(OCC3CCCO3)c2)c1. The first-order valence-electron chi connectivity index (χ1n) is 9.41. The van der Waals surface area contributed by atoms with Gasteiger partial charge in [-0.1, -0.05) is 18.2 Å². The summed E-state index contributed by atoms with van der Waals surface area (Å²) in [6.07, 6.45) is 2.27. The molecule has 0 saturated carbocycles. The Kier molecular flexibility index (Phi) is 6.71. The lowest BCUT2D eigenvalue weighted by Gasteiger charge is -2.18. The molecule has 5 nitrogen and oxygen atoms in total. The van der Waals surface area contributed by atoms with Crippen molar-refractivity contribution in [2.24, 2.45) is 0 Å². The highest BCUT2D eigenvalue weighted by Crippen LogP contribution is 2.18. The number of benzene rings is 2. The molecule has 27 heavy (non-hydrogen) atoms. The number of carbonyl (C=O) groups is 1. The van der Waals surface area contributed by atoms with E-state index in [1.54, 1.807) is 24.1 Å². The Balaban J connectivity index is 1.49. The Morgan fingerprint density at radius 1 is 1.15 bits per heavy atom. The van der Waals surface area contributed by atoms with E-state index in [4.69, 9.17) is 14.2 Å². The van der Waals surface area contributed by atoms with Gasteiger partial charge < -0.3 is 19.1 Å². The molecular formula is C22H27NO4. The van der Waals surface area contributed by atoms with E-state index in [0.717, 1.165) is 30.8 Å². The molecular weight excluding hydrogens is 342 g/mol. The fourth-order valence-corrected chi connectivity index (χ4v) is 3.01. The molecule has 0 aliphatic carbocycles. The fourth-order valence-electron chi connectivity index (χ4n) is 3.01. The van der Waals surface area contributed by atoms with Crippen LogP contribution in [0.3, 0.4) is 0 Å². The van der Waals surface area contributed by atoms with E-state index in [9.17, 15) is 4.79 Å². The maximum absolute atomic E-state index is 12.6. The summed E-state index contributed by atoms with van der Waals surface area (Å²) in [6.45, 7) is 4.31. The average Bonchev–Trinajstić information content (AvgIpc) is 3.19. The van der Waals surface area contributed by atoms with Crippen molar-refractivity contribution >= 4 is 5.91 Å². The number of carbonyl (C=O) groups excluding carboxylic acids is 1. The third kappa shape index (κ3) is 5.73. The van der Waals surface area contributed by atoms with Gasteiger partial charge in [-0.15, -0.1) is 0 Å². The van der Waals surface area contributed by atoms with E-state index in [0.29, 0.717) is 31.1 Å². The molecule has 1 fully saturated rings. The van der Waals surface area contributed by atoms with Crippen molar-refractivity contribution in [3.63, 3.8) is 0 Å². The van der Waals surface area contributed by atoms with Gasteiger partial charge in [-0.3, -0.25) is 4.79 Å². The van der Waals surface area contributed by atoms with Crippen molar-refractivity contribution in [3.05, 3.63) is 59.7 Å². The van der Waals surface area contributed by atoms with E-state index in [-0.39, 0.29) is 12.0 Å². The molecule has 1 aliphatic rings. The molecule has 0 bridgehead atoms. The Hall–Kier alpha value is -2.53. The smallest absolute Gasteiger partial charge is 0.253 e. The number of nitrogens with zero attached hydrogens (tertiary/aromatic N) is 1. The molecule has 2 aromatic carbocycles. The molecule has 0 spiro atoms. The van der Waals surface area contributed by atoms with Gasteiger partial charge in [-0.05, 0) is 55.7 Å². The quantitative estimate of drug-likeness (QED) is 0.712. The third-order valence-corrected chi connectivity index (χ3v) is 4.57. The summed E-state index contributed by atoms with van der Waals surface area (Å²) in [5, 5.41) is 0. The van der Waals surface area contributed by atoms with Gasteiger partial charge in [0.1, 0.15) is 24.7 Å². The van der Waals surface area contributed by atoms with Crippen LogP contribution in [0, 0.1) is 6.92 Å². The number of ether oxygens (including phenoxy) is 3. The zero-order chi connectivity index (χ0) is 19.1. The first-order valence-corrected chi connectivity index (χ1v) is 9.41. The van der Waals surface area contributed by atoms with Crippen LogP contribution in [0.1, 0.15) is 28.8 Å². The second-order valence-corrected chi connectivity index (χ2v) is 6.87. The minimum Gasteiger partial charge on any atom is -0.492 e. The van der Waals surface area contributed by atoms with Crippen LogP contribution in [0.5, 0.6) is 11.5 Å². The van der Waals surface area contributed by atoms with Gasteiger partial charge in [0.15, 0.2) is 0 Å². The standard InChI is InChI=1S/C22H27NO4/c1-17-6-3-8-19(14-17)26-13-11-23(2)22(24)18-7-4-9-20(15-18)27-16-21-10-5-12-25-21/h3-4,6-9,14-15,21H,5,10-13,16H2,1-2H3. The lowest BCUT2D eigenvalue weighted by Crippen LogP contribution is -2.30. The van der Waals surface area contributed by atoms with Gasteiger partial charge in [0.05, 0.1) is 12.6 Å². The first kappa shape index (κ1) is 19.2. The molecule has 1 unspecified atom stereocenters. The number of likely N-dealkylation sites (N-methyl/N-ethyl adjacent to an activating group) is 1. The number of hydrogen-bond acceptors (Lipinski definition) is 4. The van der Waals surface area contributed by atoms with Gasteiger partial charge in [0, 0.05) is 19.2 Å². The molecule has 1 aliphatic heterocycles. The molecule has 2 aromatic rings. The molecule has 1 atom stereocenters. The highest BCUT2D eigenvalue weighted by atomic mass is 16.5. The fraction of sp³-hybridized carbons (Fsp3) is 0.409. The lowest BCUT2D eigenvalue weighted by atomic mass is 10.2. The van der Waals surface area contributed by atoms with E-state index in [1.807, 2.05) is 43.3 Å². The Morgan fingerprint density at radius 2 is 1.93 bits per heavy atom. The summed E-state index contributed by atoms with van der Waals surface area (Å²) >= 11 is 0. The summed E-state index contributed by atoms with van der Waals surface area (Å²) in [7, 11) is 1.78. The normalized spacial score (nSPS) is 16.1. The summed E-state index contributed by atoms with van der Waals surface area (Å²) in [4.78, 5) is 14.3. The zero-order valence-corrected chi connectivity index (χ0v) is 16.0. The Bertz CT molecular complexity index is 755. The molecule has 0 N–H and O–H groups in total. The van der Waals surface area contributed by atoms with Crippen LogP contribution < -0.4 is 9.47 Å². The number of hydrogen-bond donors (Lipinski definition) is 0. The monoisotopic (exact) mass is 369 g/mol. The molecule has 144 valence electrons. The molecule has 3 rings (SSSR count). The minimum absolute atomic E-state index is 0.0505. The van der Waals surface area contributed by atoms with Crippen molar-refractivity contribution in [1.29, 1.82) is 0 Å². The number of aryl methyl sites for hydroxylation is 1. The van der Waals surface area contributed by atoms with Crippen LogP contribution in [0.25, 0.3) is 0 Å². The molecule has 1 amide bonds. The second-order valence-electron chi connectivity index (χ2n) is 6.87. The molecule has 5 heteroatoms.